The third kappa shape index (κ3) is 4.04. The number of aromatic nitrogens is 4. The van der Waals surface area contributed by atoms with E-state index < -0.39 is 0 Å². The van der Waals surface area contributed by atoms with Crippen LogP contribution in [0.3, 0.4) is 0 Å². The first-order valence-electron chi connectivity index (χ1n) is 9.20. The molecule has 4 heterocycles. The third-order valence-corrected chi connectivity index (χ3v) is 4.93. The van der Waals surface area contributed by atoms with E-state index in [1.807, 2.05) is 18.5 Å². The van der Waals surface area contributed by atoms with Gasteiger partial charge in [-0.2, -0.15) is 0 Å². The van der Waals surface area contributed by atoms with Crippen LogP contribution < -0.4 is 15.1 Å². The second-order valence-corrected chi connectivity index (χ2v) is 6.80. The van der Waals surface area contributed by atoms with Crippen molar-refractivity contribution in [3.05, 3.63) is 36.4 Å². The van der Waals surface area contributed by atoms with Crippen molar-refractivity contribution in [1.82, 2.24) is 25.3 Å². The minimum atomic E-state index is 0.441. The number of hydrogen-bond acceptors (Lipinski definition) is 7. The van der Waals surface area contributed by atoms with Gasteiger partial charge in [0.25, 0.3) is 0 Å². The Hall–Kier alpha value is -2.28. The number of rotatable bonds is 5. The van der Waals surface area contributed by atoms with Crippen LogP contribution in [-0.2, 0) is 6.54 Å². The van der Waals surface area contributed by atoms with E-state index >= 15 is 0 Å². The summed E-state index contributed by atoms with van der Waals surface area (Å²) in [6.07, 6.45) is 12.3. The second-order valence-electron chi connectivity index (χ2n) is 6.80. The molecule has 0 aliphatic carbocycles. The van der Waals surface area contributed by atoms with E-state index in [0.717, 1.165) is 56.6 Å². The number of piperidine rings is 1. The zero-order chi connectivity index (χ0) is 16.9. The van der Waals surface area contributed by atoms with Crippen molar-refractivity contribution in [2.24, 2.45) is 0 Å². The lowest BCUT2D eigenvalue weighted by Crippen LogP contribution is -2.46. The van der Waals surface area contributed by atoms with Crippen LogP contribution in [0, 0.1) is 0 Å². The summed E-state index contributed by atoms with van der Waals surface area (Å²) < 4.78 is 0. The van der Waals surface area contributed by atoms with E-state index in [4.69, 9.17) is 0 Å². The minimum Gasteiger partial charge on any atom is -0.341 e. The van der Waals surface area contributed by atoms with Gasteiger partial charge in [-0.05, 0) is 31.7 Å². The van der Waals surface area contributed by atoms with Crippen molar-refractivity contribution in [3.63, 3.8) is 0 Å². The maximum absolute atomic E-state index is 4.53. The topological polar surface area (TPSA) is 70.1 Å². The molecule has 2 aromatic heterocycles. The molecule has 132 valence electrons. The number of nitrogens with one attached hydrogen (secondary N) is 1. The van der Waals surface area contributed by atoms with Crippen LogP contribution in [0.4, 0.5) is 11.9 Å². The molecule has 1 atom stereocenters. The van der Waals surface area contributed by atoms with Gasteiger partial charge in [0.1, 0.15) is 0 Å². The molecule has 4 rings (SSSR count). The van der Waals surface area contributed by atoms with E-state index in [9.17, 15) is 0 Å². The molecule has 2 saturated heterocycles. The van der Waals surface area contributed by atoms with Gasteiger partial charge < -0.3 is 15.1 Å². The Labute approximate surface area is 148 Å². The van der Waals surface area contributed by atoms with Crippen molar-refractivity contribution in [2.45, 2.75) is 38.3 Å². The lowest BCUT2D eigenvalue weighted by Gasteiger charge is -2.33. The van der Waals surface area contributed by atoms with Gasteiger partial charge >= 0.3 is 0 Å². The Morgan fingerprint density at radius 2 is 1.56 bits per heavy atom. The Morgan fingerprint density at radius 1 is 0.880 bits per heavy atom. The maximum Gasteiger partial charge on any atom is 0.225 e. The molecule has 2 aliphatic rings. The van der Waals surface area contributed by atoms with Crippen molar-refractivity contribution < 1.29 is 0 Å². The zero-order valence-corrected chi connectivity index (χ0v) is 14.5. The highest BCUT2D eigenvalue weighted by molar-refractivity contribution is 5.31. The fraction of sp³-hybridized carbons (Fsp3) is 0.556. The quantitative estimate of drug-likeness (QED) is 0.888. The molecule has 0 radical (unpaired) electrons. The van der Waals surface area contributed by atoms with Gasteiger partial charge in [0.15, 0.2) is 0 Å². The van der Waals surface area contributed by atoms with E-state index in [0.29, 0.717) is 6.04 Å². The standard InChI is InChI=1S/C18H25N7/c1-2-9-24(8-1)18-22-12-15(13-23-18)11-21-16-5-3-10-25(14-16)17-19-6-4-7-20-17/h4,6-7,12-13,16,21H,1-3,5,8-11,14H2. The molecule has 2 aromatic rings. The summed E-state index contributed by atoms with van der Waals surface area (Å²) in [7, 11) is 0. The molecule has 2 fully saturated rings. The first kappa shape index (κ1) is 16.2. The lowest BCUT2D eigenvalue weighted by molar-refractivity contribution is 0.418. The van der Waals surface area contributed by atoms with Crippen molar-refractivity contribution in [2.75, 3.05) is 36.0 Å². The summed E-state index contributed by atoms with van der Waals surface area (Å²) in [5, 5.41) is 3.64. The Balaban J connectivity index is 1.30. The average Bonchev–Trinajstić information content (AvgIpc) is 3.23. The van der Waals surface area contributed by atoms with Gasteiger partial charge in [-0.15, -0.1) is 0 Å². The zero-order valence-electron chi connectivity index (χ0n) is 14.5. The molecule has 0 saturated carbocycles. The van der Waals surface area contributed by atoms with Crippen LogP contribution in [0.15, 0.2) is 30.9 Å². The van der Waals surface area contributed by atoms with Crippen molar-refractivity contribution in [1.29, 1.82) is 0 Å². The summed E-state index contributed by atoms with van der Waals surface area (Å²) in [6, 6.07) is 2.30. The fourth-order valence-corrected chi connectivity index (χ4v) is 3.56. The molecular formula is C18H25N7. The largest absolute Gasteiger partial charge is 0.341 e. The molecule has 25 heavy (non-hydrogen) atoms. The van der Waals surface area contributed by atoms with E-state index in [2.05, 4.69) is 35.1 Å². The molecule has 1 unspecified atom stereocenters. The van der Waals surface area contributed by atoms with E-state index in [1.165, 1.54) is 19.3 Å². The third-order valence-electron chi connectivity index (χ3n) is 4.93. The van der Waals surface area contributed by atoms with Crippen molar-refractivity contribution in [3.8, 4) is 0 Å². The molecule has 0 amide bonds. The smallest absolute Gasteiger partial charge is 0.225 e. The number of anilines is 2. The first-order chi connectivity index (χ1) is 12.4. The summed E-state index contributed by atoms with van der Waals surface area (Å²) in [5.74, 6) is 1.69. The van der Waals surface area contributed by atoms with E-state index in [-0.39, 0.29) is 0 Å². The SMILES string of the molecule is c1cnc(N2CCCC(NCc3cnc(N4CCCC4)nc3)C2)nc1. The summed E-state index contributed by atoms with van der Waals surface area (Å²) in [5.41, 5.74) is 1.14. The van der Waals surface area contributed by atoms with Crippen LogP contribution in [0.5, 0.6) is 0 Å². The molecule has 0 bridgehead atoms. The predicted molar refractivity (Wildman–Crippen MR) is 97.6 cm³/mol. The highest BCUT2D eigenvalue weighted by atomic mass is 15.3. The summed E-state index contributed by atoms with van der Waals surface area (Å²) in [6.45, 7) is 4.93. The molecule has 0 aromatic carbocycles. The Kier molecular flexibility index (Phi) is 5.01. The highest BCUT2D eigenvalue weighted by Gasteiger charge is 2.21. The van der Waals surface area contributed by atoms with Gasteiger partial charge in [0, 0.05) is 69.1 Å². The van der Waals surface area contributed by atoms with Crippen LogP contribution in [-0.4, -0.2) is 52.2 Å². The van der Waals surface area contributed by atoms with Crippen LogP contribution in [0.1, 0.15) is 31.2 Å². The van der Waals surface area contributed by atoms with Crippen molar-refractivity contribution >= 4 is 11.9 Å². The van der Waals surface area contributed by atoms with Gasteiger partial charge in [-0.3, -0.25) is 0 Å². The van der Waals surface area contributed by atoms with Crippen LogP contribution in [0.25, 0.3) is 0 Å². The Bertz CT molecular complexity index is 655. The molecule has 0 spiro atoms. The Morgan fingerprint density at radius 3 is 2.32 bits per heavy atom. The molecule has 1 N–H and O–H groups in total. The molecular weight excluding hydrogens is 314 g/mol. The molecule has 7 heteroatoms. The minimum absolute atomic E-state index is 0.441. The van der Waals surface area contributed by atoms with Gasteiger partial charge in [0.05, 0.1) is 0 Å². The highest BCUT2D eigenvalue weighted by Crippen LogP contribution is 2.17. The van der Waals surface area contributed by atoms with Gasteiger partial charge in [-0.1, -0.05) is 0 Å². The predicted octanol–water partition coefficient (Wildman–Crippen LogP) is 1.63. The normalized spacial score (nSPS) is 20.9. The summed E-state index contributed by atoms with van der Waals surface area (Å²) in [4.78, 5) is 22.3. The molecule has 7 nitrogen and oxygen atoms in total. The van der Waals surface area contributed by atoms with Gasteiger partial charge in [-0.25, -0.2) is 19.9 Å². The monoisotopic (exact) mass is 339 g/mol. The van der Waals surface area contributed by atoms with E-state index in [1.54, 1.807) is 12.4 Å². The first-order valence-corrected chi connectivity index (χ1v) is 9.20. The maximum atomic E-state index is 4.53. The lowest BCUT2D eigenvalue weighted by atomic mass is 10.1. The summed E-state index contributed by atoms with van der Waals surface area (Å²) >= 11 is 0. The number of nitrogens with zero attached hydrogens (tertiary/aromatic N) is 6. The van der Waals surface area contributed by atoms with Gasteiger partial charge in [0.2, 0.25) is 11.9 Å². The van der Waals surface area contributed by atoms with Crippen LogP contribution in [0.2, 0.25) is 0 Å². The number of hydrogen-bond donors (Lipinski definition) is 1. The van der Waals surface area contributed by atoms with Crippen LogP contribution >= 0.6 is 0 Å². The fourth-order valence-electron chi connectivity index (χ4n) is 3.56. The molecule has 2 aliphatic heterocycles. The average molecular weight is 339 g/mol. The second kappa shape index (κ2) is 7.74.